The van der Waals surface area contributed by atoms with Crippen molar-refractivity contribution in [2.45, 2.75) is 33.3 Å². The number of aliphatic hydroxyl groups excluding tert-OH is 2. The second kappa shape index (κ2) is 10.5. The maximum absolute atomic E-state index is 14.2. The molecule has 0 saturated heterocycles. The van der Waals surface area contributed by atoms with Crippen LogP contribution in [-0.4, -0.2) is 40.4 Å². The Morgan fingerprint density at radius 2 is 2.07 bits per heavy atom. The number of benzene rings is 1. The van der Waals surface area contributed by atoms with Gasteiger partial charge >= 0.3 is 0 Å². The smallest absolute Gasteiger partial charge is 0.289 e. The highest BCUT2D eigenvalue weighted by Crippen LogP contribution is 2.33. The predicted molar refractivity (Wildman–Crippen MR) is 110 cm³/mol. The lowest BCUT2D eigenvalue weighted by molar-refractivity contribution is 0.0824. The first kappa shape index (κ1) is 22.3. The molecular formula is C21H26FN3O4. The molecule has 1 unspecified atom stereocenters. The van der Waals surface area contributed by atoms with Crippen LogP contribution in [-0.2, 0) is 0 Å². The molecule has 0 radical (unpaired) electrons. The minimum Gasteiger partial charge on any atom is -0.448 e. The number of amides is 1. The number of hydrogen-bond acceptors (Lipinski definition) is 6. The van der Waals surface area contributed by atoms with Crippen LogP contribution in [0, 0.1) is 12.7 Å². The third-order valence-corrected chi connectivity index (χ3v) is 4.05. The highest BCUT2D eigenvalue weighted by molar-refractivity contribution is 6.07. The fraction of sp³-hybridized carbons (Fsp3) is 0.333. The summed E-state index contributed by atoms with van der Waals surface area (Å²) in [6.07, 6.45) is 2.34. The standard InChI is InChI=1S/C19H20FN3O4.C2H6/c1-11-2-3-15(14(20)8-11)23-17-13-9-21-6-5-16(13)27-18(17)19(26)22-7-4-12(25)10-24;1-2/h2-3,5-6,8-9,12,23-25H,4,7,10H2,1H3,(H,22,26);1-2H3. The van der Waals surface area contributed by atoms with E-state index >= 15 is 0 Å². The quantitative estimate of drug-likeness (QED) is 0.481. The molecule has 1 amide bonds. The Labute approximate surface area is 168 Å². The Bertz CT molecular complexity index is 958. The zero-order valence-electron chi connectivity index (χ0n) is 16.7. The third-order valence-electron chi connectivity index (χ3n) is 4.05. The van der Waals surface area contributed by atoms with Crippen LogP contribution in [0.2, 0.25) is 0 Å². The van der Waals surface area contributed by atoms with Crippen molar-refractivity contribution in [3.05, 3.63) is 53.8 Å². The van der Waals surface area contributed by atoms with Gasteiger partial charge in [0.25, 0.3) is 5.91 Å². The lowest BCUT2D eigenvalue weighted by Gasteiger charge is -2.10. The van der Waals surface area contributed by atoms with E-state index < -0.39 is 17.8 Å². The Kier molecular flexibility index (Phi) is 8.11. The topological polar surface area (TPSA) is 108 Å². The van der Waals surface area contributed by atoms with Gasteiger partial charge < -0.3 is 25.3 Å². The maximum atomic E-state index is 14.2. The molecular weight excluding hydrogens is 377 g/mol. The summed E-state index contributed by atoms with van der Waals surface area (Å²) >= 11 is 0. The molecule has 0 aliphatic rings. The number of pyridine rings is 1. The average Bonchev–Trinajstić information content (AvgIpc) is 3.10. The summed E-state index contributed by atoms with van der Waals surface area (Å²) in [6.45, 7) is 5.55. The molecule has 0 spiro atoms. The van der Waals surface area contributed by atoms with E-state index in [1.54, 1.807) is 25.1 Å². The van der Waals surface area contributed by atoms with E-state index in [1.807, 2.05) is 13.8 Å². The van der Waals surface area contributed by atoms with Crippen molar-refractivity contribution < 1.29 is 23.8 Å². The molecule has 0 aliphatic heterocycles. The van der Waals surface area contributed by atoms with Crippen LogP contribution in [0.5, 0.6) is 0 Å². The zero-order valence-corrected chi connectivity index (χ0v) is 16.7. The molecule has 1 aromatic carbocycles. The summed E-state index contributed by atoms with van der Waals surface area (Å²) in [7, 11) is 0. The van der Waals surface area contributed by atoms with Crippen LogP contribution in [0.25, 0.3) is 11.0 Å². The molecule has 2 heterocycles. The monoisotopic (exact) mass is 403 g/mol. The molecule has 0 saturated carbocycles. The molecule has 4 N–H and O–H groups in total. The zero-order chi connectivity index (χ0) is 21.4. The molecule has 2 aromatic heterocycles. The van der Waals surface area contributed by atoms with Crippen molar-refractivity contribution in [1.82, 2.24) is 10.3 Å². The van der Waals surface area contributed by atoms with Gasteiger partial charge in [0.15, 0.2) is 0 Å². The molecule has 0 aliphatic carbocycles. The highest BCUT2D eigenvalue weighted by atomic mass is 19.1. The number of nitrogens with zero attached hydrogens (tertiary/aromatic N) is 1. The number of halogens is 1. The van der Waals surface area contributed by atoms with Crippen LogP contribution in [0.3, 0.4) is 0 Å². The van der Waals surface area contributed by atoms with Crippen molar-refractivity contribution in [2.24, 2.45) is 0 Å². The van der Waals surface area contributed by atoms with Crippen LogP contribution in [0.15, 0.2) is 41.1 Å². The van der Waals surface area contributed by atoms with Gasteiger partial charge in [0.1, 0.15) is 17.1 Å². The second-order valence-corrected chi connectivity index (χ2v) is 6.17. The first-order valence-electron chi connectivity index (χ1n) is 9.46. The van der Waals surface area contributed by atoms with E-state index in [-0.39, 0.29) is 31.0 Å². The molecule has 0 bridgehead atoms. The lowest BCUT2D eigenvalue weighted by Crippen LogP contribution is -2.28. The van der Waals surface area contributed by atoms with Crippen LogP contribution < -0.4 is 10.6 Å². The van der Waals surface area contributed by atoms with Crippen LogP contribution in [0.4, 0.5) is 15.8 Å². The lowest BCUT2D eigenvalue weighted by atomic mass is 10.2. The number of carbonyl (C=O) groups is 1. The molecule has 3 aromatic rings. The number of carbonyl (C=O) groups excluding carboxylic acids is 1. The summed E-state index contributed by atoms with van der Waals surface area (Å²) in [5, 5.41) is 24.3. The highest BCUT2D eigenvalue weighted by Gasteiger charge is 2.22. The van der Waals surface area contributed by atoms with Crippen LogP contribution >= 0.6 is 0 Å². The number of rotatable bonds is 7. The SMILES string of the molecule is CC.Cc1ccc(Nc2c(C(=O)NCCC(O)CO)oc3ccncc23)c(F)c1. The van der Waals surface area contributed by atoms with Gasteiger partial charge in [-0.15, -0.1) is 0 Å². The average molecular weight is 403 g/mol. The van der Waals surface area contributed by atoms with Gasteiger partial charge in [-0.05, 0) is 37.1 Å². The fourth-order valence-corrected chi connectivity index (χ4v) is 2.61. The number of anilines is 2. The molecule has 1 atom stereocenters. The van der Waals surface area contributed by atoms with Crippen molar-refractivity contribution in [1.29, 1.82) is 0 Å². The summed E-state index contributed by atoms with van der Waals surface area (Å²) in [5.41, 5.74) is 1.72. The van der Waals surface area contributed by atoms with E-state index in [1.165, 1.54) is 18.5 Å². The van der Waals surface area contributed by atoms with Crippen molar-refractivity contribution in [3.63, 3.8) is 0 Å². The second-order valence-electron chi connectivity index (χ2n) is 6.17. The Hall–Kier alpha value is -2.97. The van der Waals surface area contributed by atoms with Crippen LogP contribution in [0.1, 0.15) is 36.4 Å². The molecule has 29 heavy (non-hydrogen) atoms. The number of aromatic nitrogens is 1. The number of furan rings is 1. The first-order valence-corrected chi connectivity index (χ1v) is 9.46. The normalized spacial score (nSPS) is 11.5. The molecule has 3 rings (SSSR count). The molecule has 7 nitrogen and oxygen atoms in total. The summed E-state index contributed by atoms with van der Waals surface area (Å²) in [4.78, 5) is 16.6. The van der Waals surface area contributed by atoms with Gasteiger partial charge in [-0.25, -0.2) is 4.39 Å². The predicted octanol–water partition coefficient (Wildman–Crippen LogP) is 3.52. The van der Waals surface area contributed by atoms with Gasteiger partial charge in [-0.1, -0.05) is 19.9 Å². The van der Waals surface area contributed by atoms with E-state index in [0.29, 0.717) is 16.7 Å². The maximum Gasteiger partial charge on any atom is 0.289 e. The fourth-order valence-electron chi connectivity index (χ4n) is 2.61. The Balaban J connectivity index is 0.00000145. The van der Waals surface area contributed by atoms with Gasteiger partial charge in [0.2, 0.25) is 5.76 Å². The molecule has 8 heteroatoms. The van der Waals surface area contributed by atoms with Gasteiger partial charge in [0.05, 0.1) is 23.8 Å². The van der Waals surface area contributed by atoms with Crippen molar-refractivity contribution in [2.75, 3.05) is 18.5 Å². The van der Waals surface area contributed by atoms with Crippen molar-refractivity contribution >= 4 is 28.3 Å². The molecule has 0 fully saturated rings. The number of aliphatic hydroxyl groups is 2. The summed E-state index contributed by atoms with van der Waals surface area (Å²) < 4.78 is 19.9. The van der Waals surface area contributed by atoms with E-state index in [2.05, 4.69) is 15.6 Å². The summed E-state index contributed by atoms with van der Waals surface area (Å²) in [6, 6.07) is 6.33. The first-order chi connectivity index (χ1) is 14.0. The van der Waals surface area contributed by atoms with E-state index in [0.717, 1.165) is 5.56 Å². The number of fused-ring (bicyclic) bond motifs is 1. The van der Waals surface area contributed by atoms with Gasteiger partial charge in [-0.2, -0.15) is 0 Å². The Morgan fingerprint density at radius 1 is 1.31 bits per heavy atom. The van der Waals surface area contributed by atoms with E-state index in [9.17, 15) is 14.3 Å². The van der Waals surface area contributed by atoms with Gasteiger partial charge in [0, 0.05) is 18.9 Å². The third kappa shape index (κ3) is 5.52. The minimum absolute atomic E-state index is 0.0172. The number of aryl methyl sites for hydroxylation is 1. The largest absolute Gasteiger partial charge is 0.448 e. The van der Waals surface area contributed by atoms with Gasteiger partial charge in [-0.3, -0.25) is 9.78 Å². The minimum atomic E-state index is -0.913. The van der Waals surface area contributed by atoms with Crippen molar-refractivity contribution in [3.8, 4) is 0 Å². The number of hydrogen-bond donors (Lipinski definition) is 4. The van der Waals surface area contributed by atoms with E-state index in [4.69, 9.17) is 9.52 Å². The molecule has 156 valence electrons. The number of nitrogens with one attached hydrogen (secondary N) is 2. The Morgan fingerprint density at radius 3 is 2.76 bits per heavy atom. The summed E-state index contributed by atoms with van der Waals surface area (Å²) in [5.74, 6) is -0.992.